The summed E-state index contributed by atoms with van der Waals surface area (Å²) >= 11 is 2.10. The Morgan fingerprint density at radius 2 is 1.91 bits per heavy atom. The highest BCUT2D eigenvalue weighted by Crippen LogP contribution is 2.27. The molecular formula is C10H20S. The van der Waals surface area contributed by atoms with Crippen molar-refractivity contribution >= 4 is 11.8 Å². The molecule has 0 heterocycles. The molecule has 0 unspecified atom stereocenters. The molecule has 1 fully saturated rings. The second-order valence-electron chi connectivity index (χ2n) is 3.49. The van der Waals surface area contributed by atoms with Crippen LogP contribution in [-0.4, -0.2) is 11.5 Å². The van der Waals surface area contributed by atoms with Gasteiger partial charge in [0.25, 0.3) is 0 Å². The van der Waals surface area contributed by atoms with E-state index in [1.165, 1.54) is 50.0 Å². The highest BCUT2D eigenvalue weighted by molar-refractivity contribution is 7.99. The zero-order chi connectivity index (χ0) is 7.94. The molecule has 0 atom stereocenters. The van der Waals surface area contributed by atoms with Gasteiger partial charge in [-0.2, -0.15) is 11.8 Å². The molecule has 0 saturated heterocycles. The fraction of sp³-hybridized carbons (Fsp3) is 1.00. The van der Waals surface area contributed by atoms with Gasteiger partial charge in [-0.15, -0.1) is 0 Å². The molecule has 0 amide bonds. The molecule has 0 N–H and O–H groups in total. The van der Waals surface area contributed by atoms with Crippen molar-refractivity contribution in [3.05, 3.63) is 0 Å². The molecule has 1 heteroatoms. The smallest absolute Gasteiger partial charge is 0.00650 e. The first-order chi connectivity index (χ1) is 5.43. The Bertz CT molecular complexity index is 84.9. The largest absolute Gasteiger partial charge is 0.162 e. The molecule has 1 rings (SSSR count). The maximum absolute atomic E-state index is 2.26. The summed E-state index contributed by atoms with van der Waals surface area (Å²) < 4.78 is 0. The van der Waals surface area contributed by atoms with E-state index in [2.05, 4.69) is 18.7 Å². The topological polar surface area (TPSA) is 0 Å². The SMILES string of the molecule is CCSCCC1CCCCC1. The molecule has 11 heavy (non-hydrogen) atoms. The fourth-order valence-electron chi connectivity index (χ4n) is 1.87. The van der Waals surface area contributed by atoms with Crippen LogP contribution in [0.3, 0.4) is 0 Å². The highest BCUT2D eigenvalue weighted by Gasteiger charge is 2.12. The third kappa shape index (κ3) is 4.05. The summed E-state index contributed by atoms with van der Waals surface area (Å²) in [5.41, 5.74) is 0. The minimum absolute atomic E-state index is 1.09. The third-order valence-electron chi connectivity index (χ3n) is 2.60. The summed E-state index contributed by atoms with van der Waals surface area (Å²) in [5, 5.41) is 0. The summed E-state index contributed by atoms with van der Waals surface area (Å²) in [6.45, 7) is 2.26. The molecule has 0 aromatic carbocycles. The van der Waals surface area contributed by atoms with E-state index in [0.29, 0.717) is 0 Å². The van der Waals surface area contributed by atoms with Gasteiger partial charge in [0, 0.05) is 0 Å². The zero-order valence-corrected chi connectivity index (χ0v) is 8.46. The molecule has 1 saturated carbocycles. The standard InChI is InChI=1S/C10H20S/c1-2-11-9-8-10-6-4-3-5-7-10/h10H,2-9H2,1H3. The van der Waals surface area contributed by atoms with Gasteiger partial charge in [0.15, 0.2) is 0 Å². The van der Waals surface area contributed by atoms with Crippen molar-refractivity contribution in [2.75, 3.05) is 11.5 Å². The van der Waals surface area contributed by atoms with E-state index in [1.54, 1.807) is 0 Å². The highest BCUT2D eigenvalue weighted by atomic mass is 32.2. The Morgan fingerprint density at radius 1 is 1.18 bits per heavy atom. The second-order valence-corrected chi connectivity index (χ2v) is 4.88. The predicted octanol–water partition coefficient (Wildman–Crippen LogP) is 3.71. The Kier molecular flexibility index (Phi) is 5.09. The molecule has 0 radical (unpaired) electrons. The van der Waals surface area contributed by atoms with Gasteiger partial charge >= 0.3 is 0 Å². The van der Waals surface area contributed by atoms with Crippen molar-refractivity contribution in [2.24, 2.45) is 5.92 Å². The van der Waals surface area contributed by atoms with Gasteiger partial charge in [-0.3, -0.25) is 0 Å². The molecular weight excluding hydrogens is 152 g/mol. The van der Waals surface area contributed by atoms with Crippen molar-refractivity contribution < 1.29 is 0 Å². The summed E-state index contributed by atoms with van der Waals surface area (Å²) in [6.07, 6.45) is 9.02. The Balaban J connectivity index is 1.96. The summed E-state index contributed by atoms with van der Waals surface area (Å²) in [6, 6.07) is 0. The van der Waals surface area contributed by atoms with Crippen molar-refractivity contribution in [1.82, 2.24) is 0 Å². The number of hydrogen-bond donors (Lipinski definition) is 0. The fourth-order valence-corrected chi connectivity index (χ4v) is 2.66. The molecule has 0 aromatic rings. The normalized spacial score (nSPS) is 20.5. The maximum Gasteiger partial charge on any atom is -0.00650 e. The summed E-state index contributed by atoms with van der Waals surface area (Å²) in [5.74, 6) is 3.79. The van der Waals surface area contributed by atoms with Crippen LogP contribution in [0.25, 0.3) is 0 Å². The molecule has 1 aliphatic rings. The Morgan fingerprint density at radius 3 is 2.55 bits per heavy atom. The predicted molar refractivity (Wildman–Crippen MR) is 54.2 cm³/mol. The lowest BCUT2D eigenvalue weighted by molar-refractivity contribution is 0.351. The molecule has 0 nitrogen and oxygen atoms in total. The van der Waals surface area contributed by atoms with Crippen molar-refractivity contribution in [1.29, 1.82) is 0 Å². The number of thioether (sulfide) groups is 1. The first-order valence-electron chi connectivity index (χ1n) is 5.01. The van der Waals surface area contributed by atoms with E-state index >= 15 is 0 Å². The lowest BCUT2D eigenvalue weighted by Gasteiger charge is -2.20. The Hall–Kier alpha value is 0.350. The van der Waals surface area contributed by atoms with Gasteiger partial charge in [-0.25, -0.2) is 0 Å². The average Bonchev–Trinajstić information content (AvgIpc) is 2.07. The van der Waals surface area contributed by atoms with Gasteiger partial charge in [-0.05, 0) is 23.8 Å². The molecule has 1 aliphatic carbocycles. The van der Waals surface area contributed by atoms with Crippen LogP contribution in [0.1, 0.15) is 45.4 Å². The summed E-state index contributed by atoms with van der Waals surface area (Å²) in [7, 11) is 0. The van der Waals surface area contributed by atoms with E-state index in [4.69, 9.17) is 0 Å². The van der Waals surface area contributed by atoms with E-state index in [9.17, 15) is 0 Å². The van der Waals surface area contributed by atoms with Crippen LogP contribution >= 0.6 is 11.8 Å². The van der Waals surface area contributed by atoms with Gasteiger partial charge in [0.2, 0.25) is 0 Å². The van der Waals surface area contributed by atoms with Crippen LogP contribution in [0.2, 0.25) is 0 Å². The van der Waals surface area contributed by atoms with Gasteiger partial charge in [0.05, 0.1) is 0 Å². The number of hydrogen-bond acceptors (Lipinski definition) is 1. The maximum atomic E-state index is 2.26. The van der Waals surface area contributed by atoms with Crippen LogP contribution in [0.4, 0.5) is 0 Å². The molecule has 0 aromatic heterocycles. The van der Waals surface area contributed by atoms with E-state index < -0.39 is 0 Å². The van der Waals surface area contributed by atoms with Crippen LogP contribution < -0.4 is 0 Å². The lowest BCUT2D eigenvalue weighted by Crippen LogP contribution is -2.06. The van der Waals surface area contributed by atoms with Crippen LogP contribution in [0.15, 0.2) is 0 Å². The van der Waals surface area contributed by atoms with E-state index in [0.717, 1.165) is 5.92 Å². The monoisotopic (exact) mass is 172 g/mol. The second kappa shape index (κ2) is 5.93. The number of rotatable bonds is 4. The molecule has 66 valence electrons. The minimum Gasteiger partial charge on any atom is -0.162 e. The van der Waals surface area contributed by atoms with Crippen LogP contribution in [0, 0.1) is 5.92 Å². The van der Waals surface area contributed by atoms with E-state index in [1.807, 2.05) is 0 Å². The van der Waals surface area contributed by atoms with Crippen molar-refractivity contribution in [3.8, 4) is 0 Å². The molecule has 0 aliphatic heterocycles. The van der Waals surface area contributed by atoms with E-state index in [-0.39, 0.29) is 0 Å². The Labute approximate surface area is 75.1 Å². The van der Waals surface area contributed by atoms with Crippen LogP contribution in [0.5, 0.6) is 0 Å². The molecule has 0 spiro atoms. The third-order valence-corrected chi connectivity index (χ3v) is 3.53. The average molecular weight is 172 g/mol. The first kappa shape index (κ1) is 9.44. The van der Waals surface area contributed by atoms with Crippen LogP contribution in [-0.2, 0) is 0 Å². The van der Waals surface area contributed by atoms with Gasteiger partial charge in [0.1, 0.15) is 0 Å². The van der Waals surface area contributed by atoms with Crippen molar-refractivity contribution in [2.45, 2.75) is 45.4 Å². The minimum atomic E-state index is 1.09. The van der Waals surface area contributed by atoms with Gasteiger partial charge in [-0.1, -0.05) is 39.0 Å². The molecule has 0 bridgehead atoms. The quantitative estimate of drug-likeness (QED) is 0.583. The first-order valence-corrected chi connectivity index (χ1v) is 6.16. The van der Waals surface area contributed by atoms with Gasteiger partial charge < -0.3 is 0 Å². The summed E-state index contributed by atoms with van der Waals surface area (Å²) in [4.78, 5) is 0. The zero-order valence-electron chi connectivity index (χ0n) is 7.64. The lowest BCUT2D eigenvalue weighted by atomic mass is 9.88. The van der Waals surface area contributed by atoms with Crippen molar-refractivity contribution in [3.63, 3.8) is 0 Å².